The minimum Gasteiger partial charge on any atom is -0.508 e. The fraction of sp³-hybridized carbons (Fsp3) is 0.367. The number of halogens is 1. The summed E-state index contributed by atoms with van der Waals surface area (Å²) in [5.74, 6) is -1.76. The standard InChI is InChI=1S/C30H32FN5O3S/c1-34-11-8-23(9-12-34)35-13-6-19(7-14-35)20-2-3-21-18-36(29(39)24(21)16-20)27(25-17-22(31)4-5-26(25)37)28(38)33-30-32-10-15-40-30/h2-6,10,15-17,23,27,37H,7-9,11-14,18H2,1H3,(H,32,33,38). The third-order valence-corrected chi connectivity index (χ3v) is 8.95. The third-order valence-electron chi connectivity index (χ3n) is 8.26. The van der Waals surface area contributed by atoms with Crippen molar-refractivity contribution in [3.63, 3.8) is 0 Å². The van der Waals surface area contributed by atoms with E-state index in [0.717, 1.165) is 55.9 Å². The number of aromatic hydroxyl groups is 1. The van der Waals surface area contributed by atoms with E-state index in [4.69, 9.17) is 0 Å². The van der Waals surface area contributed by atoms with E-state index in [0.29, 0.717) is 16.7 Å². The van der Waals surface area contributed by atoms with Gasteiger partial charge in [-0.1, -0.05) is 18.2 Å². The number of carbonyl (C=O) groups excluding carboxylic acids is 2. The summed E-state index contributed by atoms with van der Waals surface area (Å²) in [6, 6.07) is 8.70. The monoisotopic (exact) mass is 561 g/mol. The van der Waals surface area contributed by atoms with Gasteiger partial charge in [-0.25, -0.2) is 9.37 Å². The van der Waals surface area contributed by atoms with Gasteiger partial charge in [0.05, 0.1) is 0 Å². The molecule has 1 fully saturated rings. The van der Waals surface area contributed by atoms with Gasteiger partial charge in [0, 0.05) is 48.4 Å². The van der Waals surface area contributed by atoms with Crippen LogP contribution in [0.15, 0.2) is 54.1 Å². The van der Waals surface area contributed by atoms with Crippen molar-refractivity contribution in [1.29, 1.82) is 0 Å². The largest absolute Gasteiger partial charge is 0.508 e. The average molecular weight is 562 g/mol. The summed E-state index contributed by atoms with van der Waals surface area (Å²) in [7, 11) is 2.18. The van der Waals surface area contributed by atoms with Gasteiger partial charge in [-0.05, 0) is 80.4 Å². The van der Waals surface area contributed by atoms with Gasteiger partial charge in [0.2, 0.25) is 0 Å². The van der Waals surface area contributed by atoms with Crippen LogP contribution in [0.25, 0.3) is 5.57 Å². The molecule has 0 saturated carbocycles. The number of piperidine rings is 1. The molecule has 1 saturated heterocycles. The Balaban J connectivity index is 1.24. The van der Waals surface area contributed by atoms with Crippen LogP contribution in [-0.4, -0.2) is 75.9 Å². The molecule has 1 aromatic heterocycles. The van der Waals surface area contributed by atoms with Gasteiger partial charge >= 0.3 is 0 Å². The first-order valence-corrected chi connectivity index (χ1v) is 14.5. The Labute approximate surface area is 236 Å². The summed E-state index contributed by atoms with van der Waals surface area (Å²) in [6.45, 7) is 4.34. The van der Waals surface area contributed by atoms with Gasteiger partial charge < -0.3 is 14.9 Å². The number of rotatable bonds is 6. The van der Waals surface area contributed by atoms with Crippen molar-refractivity contribution in [1.82, 2.24) is 19.7 Å². The SMILES string of the molecule is CN1CCC(N2CC=C(c3ccc4c(c3)C(=O)N(C(C(=O)Nc3nccs3)c3cc(F)ccc3O)C4)CC2)CC1. The number of hydrogen-bond acceptors (Lipinski definition) is 7. The highest BCUT2D eigenvalue weighted by Crippen LogP contribution is 2.38. The summed E-state index contributed by atoms with van der Waals surface area (Å²) in [4.78, 5) is 37.7. The van der Waals surface area contributed by atoms with Crippen molar-refractivity contribution >= 4 is 33.9 Å². The molecule has 208 valence electrons. The second-order valence-corrected chi connectivity index (χ2v) is 11.6. The molecule has 0 spiro atoms. The van der Waals surface area contributed by atoms with Crippen LogP contribution in [0.4, 0.5) is 9.52 Å². The number of nitrogens with zero attached hydrogens (tertiary/aromatic N) is 4. The van der Waals surface area contributed by atoms with Crippen LogP contribution >= 0.6 is 11.3 Å². The van der Waals surface area contributed by atoms with Crippen LogP contribution < -0.4 is 5.32 Å². The lowest BCUT2D eigenvalue weighted by molar-refractivity contribution is -0.120. The van der Waals surface area contributed by atoms with Crippen molar-refractivity contribution in [2.75, 3.05) is 38.5 Å². The molecule has 3 aromatic rings. The lowest BCUT2D eigenvalue weighted by Crippen LogP contribution is -2.45. The molecule has 2 N–H and O–H groups in total. The highest BCUT2D eigenvalue weighted by Gasteiger charge is 2.39. The molecule has 1 atom stereocenters. The molecule has 0 bridgehead atoms. The van der Waals surface area contributed by atoms with Gasteiger partial charge in [-0.3, -0.25) is 19.8 Å². The smallest absolute Gasteiger partial charge is 0.255 e. The first-order chi connectivity index (χ1) is 19.4. The van der Waals surface area contributed by atoms with E-state index in [1.807, 2.05) is 18.2 Å². The number of carbonyl (C=O) groups is 2. The number of anilines is 1. The Kier molecular flexibility index (Phi) is 7.39. The minimum absolute atomic E-state index is 0.0272. The number of amides is 2. The number of likely N-dealkylation sites (tertiary alicyclic amines) is 1. The van der Waals surface area contributed by atoms with E-state index in [9.17, 15) is 19.1 Å². The highest BCUT2D eigenvalue weighted by molar-refractivity contribution is 7.13. The number of fused-ring (bicyclic) bond motifs is 1. The first-order valence-electron chi connectivity index (χ1n) is 13.6. The Morgan fingerprint density at radius 2 is 2.00 bits per heavy atom. The molecule has 40 heavy (non-hydrogen) atoms. The zero-order valence-electron chi connectivity index (χ0n) is 22.3. The molecule has 3 aliphatic heterocycles. The van der Waals surface area contributed by atoms with E-state index in [1.54, 1.807) is 11.6 Å². The number of nitrogens with one attached hydrogen (secondary N) is 1. The van der Waals surface area contributed by atoms with Crippen molar-refractivity contribution in [2.45, 2.75) is 37.9 Å². The second kappa shape index (κ2) is 11.1. The van der Waals surface area contributed by atoms with Crippen molar-refractivity contribution in [3.8, 4) is 5.75 Å². The maximum Gasteiger partial charge on any atom is 0.255 e. The van der Waals surface area contributed by atoms with Crippen molar-refractivity contribution < 1.29 is 19.1 Å². The van der Waals surface area contributed by atoms with Crippen LogP contribution in [0.5, 0.6) is 5.75 Å². The average Bonchev–Trinajstić information content (AvgIpc) is 3.59. The zero-order valence-corrected chi connectivity index (χ0v) is 23.2. The van der Waals surface area contributed by atoms with Crippen LogP contribution in [0, 0.1) is 5.82 Å². The predicted octanol–water partition coefficient (Wildman–Crippen LogP) is 4.51. The van der Waals surface area contributed by atoms with Crippen LogP contribution in [0.1, 0.15) is 52.4 Å². The maximum atomic E-state index is 14.2. The number of benzene rings is 2. The van der Waals surface area contributed by atoms with Crippen molar-refractivity contribution in [3.05, 3.63) is 82.1 Å². The normalized spacial score (nSPS) is 19.4. The second-order valence-electron chi connectivity index (χ2n) is 10.7. The molecule has 2 aromatic carbocycles. The third kappa shape index (κ3) is 5.26. The van der Waals surface area contributed by atoms with Gasteiger partial charge in [0.1, 0.15) is 17.6 Å². The lowest BCUT2D eigenvalue weighted by atomic mass is 9.94. The van der Waals surface area contributed by atoms with Gasteiger partial charge in [-0.15, -0.1) is 11.3 Å². The fourth-order valence-corrected chi connectivity index (χ4v) is 6.56. The van der Waals surface area contributed by atoms with Crippen molar-refractivity contribution in [2.24, 2.45) is 0 Å². The lowest BCUT2D eigenvalue weighted by Gasteiger charge is -2.38. The van der Waals surface area contributed by atoms with Gasteiger partial charge in [0.15, 0.2) is 5.13 Å². The predicted molar refractivity (Wildman–Crippen MR) is 153 cm³/mol. The minimum atomic E-state index is -1.24. The topological polar surface area (TPSA) is 89.0 Å². The first kappa shape index (κ1) is 26.6. The molecule has 0 radical (unpaired) electrons. The molecule has 10 heteroatoms. The molecule has 6 rings (SSSR count). The summed E-state index contributed by atoms with van der Waals surface area (Å²) in [6.07, 6.45) is 7.14. The zero-order chi connectivity index (χ0) is 27.8. The maximum absolute atomic E-state index is 14.2. The quantitative estimate of drug-likeness (QED) is 0.461. The van der Waals surface area contributed by atoms with E-state index in [2.05, 4.69) is 33.2 Å². The van der Waals surface area contributed by atoms with E-state index >= 15 is 0 Å². The number of aromatic nitrogens is 1. The number of phenolic OH excluding ortho intramolecular Hbond substituents is 1. The molecular weight excluding hydrogens is 529 g/mol. The summed E-state index contributed by atoms with van der Waals surface area (Å²) >= 11 is 1.23. The van der Waals surface area contributed by atoms with E-state index < -0.39 is 17.8 Å². The summed E-state index contributed by atoms with van der Waals surface area (Å²) in [5, 5.41) is 15.4. The molecule has 3 aliphatic rings. The molecule has 4 heterocycles. The highest BCUT2D eigenvalue weighted by atomic mass is 32.1. The Morgan fingerprint density at radius 1 is 1.18 bits per heavy atom. The van der Waals surface area contributed by atoms with Crippen LogP contribution in [0.2, 0.25) is 0 Å². The molecule has 2 amide bonds. The number of phenols is 1. The van der Waals surface area contributed by atoms with Gasteiger partial charge in [-0.2, -0.15) is 0 Å². The Hall–Kier alpha value is -3.60. The van der Waals surface area contributed by atoms with E-state index in [1.165, 1.54) is 40.7 Å². The van der Waals surface area contributed by atoms with Crippen LogP contribution in [-0.2, 0) is 11.3 Å². The summed E-state index contributed by atoms with van der Waals surface area (Å²) in [5.41, 5.74) is 3.58. The molecular formula is C30H32FN5O3S. The molecule has 0 aliphatic carbocycles. The number of thiazole rings is 1. The van der Waals surface area contributed by atoms with E-state index in [-0.39, 0.29) is 23.8 Å². The molecule has 8 nitrogen and oxygen atoms in total. The Morgan fingerprint density at radius 3 is 2.73 bits per heavy atom. The molecule has 1 unspecified atom stereocenters. The Bertz CT molecular complexity index is 1450. The fourth-order valence-electron chi connectivity index (χ4n) is 6.02. The van der Waals surface area contributed by atoms with Gasteiger partial charge in [0.25, 0.3) is 11.8 Å². The van der Waals surface area contributed by atoms with Crippen LogP contribution in [0.3, 0.4) is 0 Å². The number of hydrogen-bond donors (Lipinski definition) is 2. The summed E-state index contributed by atoms with van der Waals surface area (Å²) < 4.78 is 14.2.